The quantitative estimate of drug-likeness (QED) is 0.844. The van der Waals surface area contributed by atoms with Gasteiger partial charge in [0.1, 0.15) is 6.54 Å². The van der Waals surface area contributed by atoms with Gasteiger partial charge < -0.3 is 4.90 Å². The summed E-state index contributed by atoms with van der Waals surface area (Å²) in [6.07, 6.45) is 7.92. The second-order valence-electron chi connectivity index (χ2n) is 7.40. The van der Waals surface area contributed by atoms with Crippen LogP contribution in [0.25, 0.3) is 10.8 Å². The van der Waals surface area contributed by atoms with Gasteiger partial charge in [-0.3, -0.25) is 14.5 Å². The van der Waals surface area contributed by atoms with Gasteiger partial charge in [-0.2, -0.15) is 5.10 Å². The zero-order valence-electron chi connectivity index (χ0n) is 15.1. The van der Waals surface area contributed by atoms with Crippen LogP contribution in [0.1, 0.15) is 32.1 Å². The fraction of sp³-hybridized carbons (Fsp3) is 0.550. The van der Waals surface area contributed by atoms with Gasteiger partial charge in [-0.1, -0.05) is 31.0 Å². The predicted octanol–water partition coefficient (Wildman–Crippen LogP) is 1.87. The monoisotopic (exact) mass is 354 g/mol. The second kappa shape index (κ2) is 7.58. The van der Waals surface area contributed by atoms with Crippen LogP contribution in [0.5, 0.6) is 0 Å². The van der Waals surface area contributed by atoms with Crippen LogP contribution < -0.4 is 5.56 Å². The molecule has 0 unspecified atom stereocenters. The maximum absolute atomic E-state index is 12.7. The van der Waals surface area contributed by atoms with E-state index in [0.717, 1.165) is 38.0 Å². The van der Waals surface area contributed by atoms with E-state index in [0.29, 0.717) is 11.4 Å². The highest BCUT2D eigenvalue weighted by Crippen LogP contribution is 2.24. The number of hydrogen-bond acceptors (Lipinski definition) is 4. The van der Waals surface area contributed by atoms with Crippen LogP contribution in [-0.2, 0) is 11.3 Å². The molecule has 4 rings (SSSR count). The van der Waals surface area contributed by atoms with Gasteiger partial charge in [0.25, 0.3) is 5.56 Å². The SMILES string of the molecule is O=C(Cn1ncc2ccccc2c1=O)N1CCCN(C2CCCC2)CC1. The number of carbonyl (C=O) groups is 1. The number of rotatable bonds is 3. The number of carbonyl (C=O) groups excluding carboxylic acids is 1. The minimum atomic E-state index is -0.196. The van der Waals surface area contributed by atoms with E-state index in [2.05, 4.69) is 10.00 Å². The van der Waals surface area contributed by atoms with Gasteiger partial charge in [0, 0.05) is 37.6 Å². The Morgan fingerprint density at radius 2 is 1.85 bits per heavy atom. The molecule has 2 aliphatic rings. The van der Waals surface area contributed by atoms with Crippen LogP contribution in [0.3, 0.4) is 0 Å². The Hall–Kier alpha value is -2.21. The van der Waals surface area contributed by atoms with Gasteiger partial charge in [0.2, 0.25) is 5.91 Å². The molecule has 6 nitrogen and oxygen atoms in total. The van der Waals surface area contributed by atoms with Crippen LogP contribution in [0.4, 0.5) is 0 Å². The molecule has 6 heteroatoms. The third kappa shape index (κ3) is 3.51. The molecule has 1 aromatic heterocycles. The Morgan fingerprint density at radius 3 is 2.69 bits per heavy atom. The lowest BCUT2D eigenvalue weighted by molar-refractivity contribution is -0.132. The standard InChI is InChI=1S/C20H26N4O2/c25-19(15-24-20(26)18-9-4-1-6-16(18)14-21-24)23-11-5-10-22(12-13-23)17-7-2-3-8-17/h1,4,6,9,14,17H,2-3,5,7-8,10-13,15H2. The van der Waals surface area contributed by atoms with Crippen molar-refractivity contribution in [3.8, 4) is 0 Å². The fourth-order valence-electron chi connectivity index (χ4n) is 4.29. The number of benzene rings is 1. The summed E-state index contributed by atoms with van der Waals surface area (Å²) in [6, 6.07) is 8.07. The first-order valence-electron chi connectivity index (χ1n) is 9.69. The Morgan fingerprint density at radius 1 is 1.04 bits per heavy atom. The number of hydrogen-bond donors (Lipinski definition) is 0. The fourth-order valence-corrected chi connectivity index (χ4v) is 4.29. The van der Waals surface area contributed by atoms with E-state index in [-0.39, 0.29) is 18.0 Å². The molecule has 2 fully saturated rings. The van der Waals surface area contributed by atoms with Crippen LogP contribution in [0, 0.1) is 0 Å². The first-order valence-corrected chi connectivity index (χ1v) is 9.69. The van der Waals surface area contributed by atoms with Crippen molar-refractivity contribution in [2.45, 2.75) is 44.7 Å². The van der Waals surface area contributed by atoms with E-state index in [1.54, 1.807) is 12.3 Å². The average Bonchev–Trinajstić information content (AvgIpc) is 3.08. The lowest BCUT2D eigenvalue weighted by Crippen LogP contribution is -2.40. The van der Waals surface area contributed by atoms with Crippen molar-refractivity contribution in [3.05, 3.63) is 40.8 Å². The molecule has 1 aromatic carbocycles. The zero-order valence-corrected chi connectivity index (χ0v) is 15.1. The van der Waals surface area contributed by atoms with Gasteiger partial charge in [0.15, 0.2) is 0 Å². The van der Waals surface area contributed by atoms with Crippen molar-refractivity contribution in [1.82, 2.24) is 19.6 Å². The van der Waals surface area contributed by atoms with E-state index >= 15 is 0 Å². The average molecular weight is 354 g/mol. The molecule has 1 amide bonds. The van der Waals surface area contributed by atoms with Gasteiger partial charge >= 0.3 is 0 Å². The van der Waals surface area contributed by atoms with Gasteiger partial charge in [0.05, 0.1) is 11.6 Å². The highest BCUT2D eigenvalue weighted by Gasteiger charge is 2.26. The van der Waals surface area contributed by atoms with Crippen molar-refractivity contribution in [1.29, 1.82) is 0 Å². The smallest absolute Gasteiger partial charge is 0.275 e. The summed E-state index contributed by atoms with van der Waals surface area (Å²) in [6.45, 7) is 3.55. The van der Waals surface area contributed by atoms with Crippen molar-refractivity contribution in [2.75, 3.05) is 26.2 Å². The summed E-state index contributed by atoms with van der Waals surface area (Å²) in [5.74, 6) is -0.0110. The third-order valence-corrected chi connectivity index (χ3v) is 5.77. The molecule has 0 N–H and O–H groups in total. The summed E-state index contributed by atoms with van der Waals surface area (Å²) in [5, 5.41) is 5.61. The van der Waals surface area contributed by atoms with Gasteiger partial charge in [-0.05, 0) is 25.3 Å². The summed E-state index contributed by atoms with van der Waals surface area (Å²) in [4.78, 5) is 29.8. The molecule has 1 saturated carbocycles. The Labute approximate surface area is 153 Å². The van der Waals surface area contributed by atoms with E-state index in [1.165, 1.54) is 30.4 Å². The largest absolute Gasteiger partial charge is 0.340 e. The molecule has 0 bridgehead atoms. The number of nitrogens with zero attached hydrogens (tertiary/aromatic N) is 4. The molecular weight excluding hydrogens is 328 g/mol. The molecule has 0 spiro atoms. The Kier molecular flexibility index (Phi) is 5.02. The first-order chi connectivity index (χ1) is 12.7. The molecular formula is C20H26N4O2. The summed E-state index contributed by atoms with van der Waals surface area (Å²) in [5.41, 5.74) is -0.196. The van der Waals surface area contributed by atoms with E-state index in [9.17, 15) is 9.59 Å². The van der Waals surface area contributed by atoms with E-state index < -0.39 is 0 Å². The maximum atomic E-state index is 12.7. The molecule has 138 valence electrons. The molecule has 2 heterocycles. The van der Waals surface area contributed by atoms with Crippen LogP contribution in [-0.4, -0.2) is 57.7 Å². The Bertz CT molecular complexity index is 841. The van der Waals surface area contributed by atoms with Crippen LogP contribution in [0.15, 0.2) is 35.3 Å². The molecule has 0 atom stereocenters. The normalized spacial score (nSPS) is 19.8. The van der Waals surface area contributed by atoms with Crippen molar-refractivity contribution in [3.63, 3.8) is 0 Å². The van der Waals surface area contributed by atoms with Crippen molar-refractivity contribution >= 4 is 16.7 Å². The zero-order chi connectivity index (χ0) is 17.9. The van der Waals surface area contributed by atoms with Crippen LogP contribution >= 0.6 is 0 Å². The predicted molar refractivity (Wildman–Crippen MR) is 101 cm³/mol. The summed E-state index contributed by atoms with van der Waals surface area (Å²) < 4.78 is 1.30. The lowest BCUT2D eigenvalue weighted by atomic mass is 10.2. The number of fused-ring (bicyclic) bond motifs is 1. The number of aromatic nitrogens is 2. The van der Waals surface area contributed by atoms with E-state index in [4.69, 9.17) is 0 Å². The molecule has 1 saturated heterocycles. The minimum Gasteiger partial charge on any atom is -0.340 e. The molecule has 26 heavy (non-hydrogen) atoms. The Balaban J connectivity index is 1.43. The highest BCUT2D eigenvalue weighted by molar-refractivity contribution is 5.81. The first kappa shape index (κ1) is 17.2. The highest BCUT2D eigenvalue weighted by atomic mass is 16.2. The van der Waals surface area contributed by atoms with Crippen LogP contribution in [0.2, 0.25) is 0 Å². The van der Waals surface area contributed by atoms with Crippen molar-refractivity contribution in [2.24, 2.45) is 0 Å². The molecule has 2 aromatic rings. The summed E-state index contributed by atoms with van der Waals surface area (Å²) >= 11 is 0. The number of amides is 1. The molecule has 1 aliphatic heterocycles. The minimum absolute atomic E-state index is 0.0110. The van der Waals surface area contributed by atoms with Gasteiger partial charge in [-0.15, -0.1) is 0 Å². The topological polar surface area (TPSA) is 58.4 Å². The van der Waals surface area contributed by atoms with Gasteiger partial charge in [-0.25, -0.2) is 4.68 Å². The van der Waals surface area contributed by atoms with E-state index in [1.807, 2.05) is 23.1 Å². The molecule has 0 radical (unpaired) electrons. The lowest BCUT2D eigenvalue weighted by Gasteiger charge is -2.27. The maximum Gasteiger partial charge on any atom is 0.275 e. The van der Waals surface area contributed by atoms with Crippen molar-refractivity contribution < 1.29 is 4.79 Å². The second-order valence-corrected chi connectivity index (χ2v) is 7.40. The summed E-state index contributed by atoms with van der Waals surface area (Å²) in [7, 11) is 0. The molecule has 1 aliphatic carbocycles. The third-order valence-electron chi connectivity index (χ3n) is 5.77.